The molecule has 0 saturated carbocycles. The van der Waals surface area contributed by atoms with Gasteiger partial charge in [0.05, 0.1) is 23.1 Å². The third-order valence-corrected chi connectivity index (χ3v) is 4.15. The lowest BCUT2D eigenvalue weighted by Crippen LogP contribution is -2.45. The minimum Gasteiger partial charge on any atom is -0.375 e. The Balaban J connectivity index is 1.75. The number of carbonyl (C=O) groups is 1. The highest BCUT2D eigenvalue weighted by molar-refractivity contribution is 5.95. The molecule has 0 aromatic carbocycles. The van der Waals surface area contributed by atoms with E-state index in [1.165, 1.54) is 0 Å². The topological polar surface area (TPSA) is 69.0 Å². The number of pyridine rings is 1. The van der Waals surface area contributed by atoms with Gasteiger partial charge in [-0.2, -0.15) is 5.10 Å². The molecule has 0 radical (unpaired) electrons. The van der Waals surface area contributed by atoms with Crippen LogP contribution in [0.5, 0.6) is 0 Å². The Kier molecular flexibility index (Phi) is 4.17. The number of hydrogen-bond acceptors (Lipinski definition) is 4. The molecule has 2 aromatic heterocycles. The molecule has 1 saturated heterocycles. The zero-order valence-corrected chi connectivity index (χ0v) is 13.7. The van der Waals surface area contributed by atoms with Crippen molar-refractivity contribution in [2.45, 2.75) is 45.3 Å². The average Bonchev–Trinajstić information content (AvgIpc) is 2.89. The Morgan fingerprint density at radius 2 is 2.26 bits per heavy atom. The first-order valence-electron chi connectivity index (χ1n) is 7.87. The third kappa shape index (κ3) is 3.42. The maximum atomic E-state index is 12.6. The van der Waals surface area contributed by atoms with Gasteiger partial charge in [0.2, 0.25) is 0 Å². The van der Waals surface area contributed by atoms with Gasteiger partial charge in [-0.1, -0.05) is 6.07 Å². The summed E-state index contributed by atoms with van der Waals surface area (Å²) in [6.45, 7) is 6.65. The van der Waals surface area contributed by atoms with Gasteiger partial charge in [-0.15, -0.1) is 0 Å². The minimum absolute atomic E-state index is 0.0904. The van der Waals surface area contributed by atoms with Crippen molar-refractivity contribution in [2.24, 2.45) is 0 Å². The SMILES string of the molecule is Cc1c(C(=O)NC2CCOC(C)(C)C2)cnn1-c1ccccn1. The maximum Gasteiger partial charge on any atom is 0.254 e. The van der Waals surface area contributed by atoms with Gasteiger partial charge in [-0.3, -0.25) is 4.79 Å². The molecule has 0 spiro atoms. The quantitative estimate of drug-likeness (QED) is 0.943. The molecular formula is C17H22N4O2. The molecule has 1 fully saturated rings. The van der Waals surface area contributed by atoms with Crippen LogP contribution in [0.2, 0.25) is 0 Å². The lowest BCUT2D eigenvalue weighted by atomic mass is 9.94. The highest BCUT2D eigenvalue weighted by Gasteiger charge is 2.30. The molecule has 0 bridgehead atoms. The third-order valence-electron chi connectivity index (χ3n) is 4.15. The molecular weight excluding hydrogens is 292 g/mol. The first-order chi connectivity index (χ1) is 11.0. The Morgan fingerprint density at radius 1 is 1.43 bits per heavy atom. The predicted octanol–water partition coefficient (Wildman–Crippen LogP) is 2.26. The van der Waals surface area contributed by atoms with E-state index in [1.54, 1.807) is 17.1 Å². The van der Waals surface area contributed by atoms with E-state index in [1.807, 2.05) is 25.1 Å². The summed E-state index contributed by atoms with van der Waals surface area (Å²) in [5.74, 6) is 0.614. The van der Waals surface area contributed by atoms with Crippen LogP contribution in [0.25, 0.3) is 5.82 Å². The largest absolute Gasteiger partial charge is 0.375 e. The summed E-state index contributed by atoms with van der Waals surface area (Å²) in [6.07, 6.45) is 4.96. The average molecular weight is 314 g/mol. The Bertz CT molecular complexity index is 694. The molecule has 122 valence electrons. The van der Waals surface area contributed by atoms with Crippen LogP contribution in [0.15, 0.2) is 30.6 Å². The first-order valence-corrected chi connectivity index (χ1v) is 7.87. The second-order valence-corrected chi connectivity index (χ2v) is 6.51. The Hall–Kier alpha value is -2.21. The lowest BCUT2D eigenvalue weighted by molar-refractivity contribution is -0.0615. The summed E-state index contributed by atoms with van der Waals surface area (Å²) in [7, 11) is 0. The molecule has 0 aliphatic carbocycles. The number of nitrogens with one attached hydrogen (secondary N) is 1. The number of amides is 1. The van der Waals surface area contributed by atoms with Crippen LogP contribution < -0.4 is 5.32 Å². The van der Waals surface area contributed by atoms with Crippen molar-refractivity contribution >= 4 is 5.91 Å². The summed E-state index contributed by atoms with van der Waals surface area (Å²) in [4.78, 5) is 16.8. The summed E-state index contributed by atoms with van der Waals surface area (Å²) in [5.41, 5.74) is 1.18. The van der Waals surface area contributed by atoms with E-state index in [4.69, 9.17) is 4.74 Å². The van der Waals surface area contributed by atoms with Crippen LogP contribution in [0.1, 0.15) is 42.7 Å². The van der Waals surface area contributed by atoms with Crippen molar-refractivity contribution in [3.8, 4) is 5.82 Å². The number of carbonyl (C=O) groups excluding carboxylic acids is 1. The highest BCUT2D eigenvalue weighted by atomic mass is 16.5. The molecule has 1 aliphatic heterocycles. The zero-order valence-electron chi connectivity index (χ0n) is 13.7. The minimum atomic E-state index is -0.191. The van der Waals surface area contributed by atoms with Crippen molar-refractivity contribution < 1.29 is 9.53 Å². The monoisotopic (exact) mass is 314 g/mol. The van der Waals surface area contributed by atoms with Crippen molar-refractivity contribution in [2.75, 3.05) is 6.61 Å². The van der Waals surface area contributed by atoms with E-state index in [0.717, 1.165) is 18.5 Å². The smallest absolute Gasteiger partial charge is 0.254 e. The number of rotatable bonds is 3. The standard InChI is InChI=1S/C17H22N4O2/c1-12-14(11-19-21(12)15-6-4-5-8-18-15)16(22)20-13-7-9-23-17(2,3)10-13/h4-6,8,11,13H,7,9-10H2,1-3H3,(H,20,22). The van der Waals surface area contributed by atoms with Gasteiger partial charge < -0.3 is 10.1 Å². The van der Waals surface area contributed by atoms with Crippen LogP contribution in [0.3, 0.4) is 0 Å². The molecule has 1 amide bonds. The van der Waals surface area contributed by atoms with E-state index < -0.39 is 0 Å². The zero-order chi connectivity index (χ0) is 16.4. The predicted molar refractivity (Wildman–Crippen MR) is 86.6 cm³/mol. The molecule has 1 aliphatic rings. The van der Waals surface area contributed by atoms with E-state index in [9.17, 15) is 4.79 Å². The molecule has 6 nitrogen and oxygen atoms in total. The van der Waals surface area contributed by atoms with Crippen molar-refractivity contribution in [3.63, 3.8) is 0 Å². The first kappa shape index (κ1) is 15.7. The van der Waals surface area contributed by atoms with E-state index >= 15 is 0 Å². The molecule has 1 atom stereocenters. The molecule has 3 heterocycles. The van der Waals surface area contributed by atoms with Crippen LogP contribution in [0, 0.1) is 6.92 Å². The fourth-order valence-electron chi connectivity index (χ4n) is 2.96. The summed E-state index contributed by atoms with van der Waals surface area (Å²) in [6, 6.07) is 5.74. The van der Waals surface area contributed by atoms with E-state index in [0.29, 0.717) is 18.0 Å². The fraction of sp³-hybridized carbons (Fsp3) is 0.471. The number of ether oxygens (including phenoxy) is 1. The van der Waals surface area contributed by atoms with Gasteiger partial charge in [-0.05, 0) is 45.7 Å². The summed E-state index contributed by atoms with van der Waals surface area (Å²) in [5, 5.41) is 7.40. The molecule has 1 N–H and O–H groups in total. The Morgan fingerprint density at radius 3 is 2.96 bits per heavy atom. The second-order valence-electron chi connectivity index (χ2n) is 6.51. The van der Waals surface area contributed by atoms with Gasteiger partial charge in [0, 0.05) is 18.8 Å². The van der Waals surface area contributed by atoms with E-state index in [2.05, 4.69) is 29.2 Å². The molecule has 2 aromatic rings. The van der Waals surface area contributed by atoms with Gasteiger partial charge in [0.15, 0.2) is 5.82 Å². The highest BCUT2D eigenvalue weighted by Crippen LogP contribution is 2.24. The molecule has 6 heteroatoms. The fourth-order valence-corrected chi connectivity index (χ4v) is 2.96. The number of hydrogen-bond donors (Lipinski definition) is 1. The summed E-state index contributed by atoms with van der Waals surface area (Å²) < 4.78 is 7.38. The van der Waals surface area contributed by atoms with Gasteiger partial charge >= 0.3 is 0 Å². The van der Waals surface area contributed by atoms with Crippen molar-refractivity contribution in [3.05, 3.63) is 41.9 Å². The van der Waals surface area contributed by atoms with Crippen LogP contribution >= 0.6 is 0 Å². The van der Waals surface area contributed by atoms with Crippen LogP contribution in [-0.2, 0) is 4.74 Å². The molecule has 3 rings (SSSR count). The van der Waals surface area contributed by atoms with Gasteiger partial charge in [-0.25, -0.2) is 9.67 Å². The van der Waals surface area contributed by atoms with Crippen LogP contribution in [-0.4, -0.2) is 38.9 Å². The van der Waals surface area contributed by atoms with Gasteiger partial charge in [0.25, 0.3) is 5.91 Å². The van der Waals surface area contributed by atoms with Crippen molar-refractivity contribution in [1.82, 2.24) is 20.1 Å². The molecule has 1 unspecified atom stereocenters. The maximum absolute atomic E-state index is 12.6. The summed E-state index contributed by atoms with van der Waals surface area (Å²) >= 11 is 0. The number of aromatic nitrogens is 3. The second kappa shape index (κ2) is 6.12. The van der Waals surface area contributed by atoms with E-state index in [-0.39, 0.29) is 17.6 Å². The normalized spacial score (nSPS) is 20.2. The Labute approximate surface area is 135 Å². The number of nitrogens with zero attached hydrogens (tertiary/aromatic N) is 3. The van der Waals surface area contributed by atoms with Crippen molar-refractivity contribution in [1.29, 1.82) is 0 Å². The van der Waals surface area contributed by atoms with Crippen LogP contribution in [0.4, 0.5) is 0 Å². The lowest BCUT2D eigenvalue weighted by Gasteiger charge is -2.35. The van der Waals surface area contributed by atoms with Gasteiger partial charge in [0.1, 0.15) is 0 Å². The molecule has 23 heavy (non-hydrogen) atoms.